The standard InChI is InChI=1S/C46H57N3O20/c1-9-15-63-37(54)11-10-16-62-36-21-33(31(20-35(36)60-7)43(56)49-22-25(2)18-30(49)23-50)48-46(58)64-24-29-12-13-34(32(19-29)42(55)47-14-17-59-6)68-45-41(67-28(5)53)39(66-27(4)52)38(65-26(3)51)40(69-45)44(57)61-8/h9,12-13,19-21,30,38-41,45,50H,1-2,10-11,14-18,22-24H2,3-8H3,(H,47,55)(H,48,58)/t30-,38-,39-,40-,41+,45+/m0/s1. The molecular weight excluding hydrogens is 915 g/mol. The number of aliphatic hydroxyl groups is 1. The van der Waals surface area contributed by atoms with Crippen molar-refractivity contribution in [2.75, 3.05) is 66.2 Å². The predicted molar refractivity (Wildman–Crippen MR) is 237 cm³/mol. The van der Waals surface area contributed by atoms with Crippen molar-refractivity contribution in [3.63, 3.8) is 0 Å². The number of methoxy groups -OCH3 is 3. The molecule has 0 unspecified atom stereocenters. The number of aliphatic hydroxyl groups excluding tert-OH is 1. The Bertz CT molecular complexity index is 2230. The predicted octanol–water partition coefficient (Wildman–Crippen LogP) is 2.54. The Morgan fingerprint density at radius 1 is 0.855 bits per heavy atom. The van der Waals surface area contributed by atoms with E-state index in [2.05, 4.69) is 23.8 Å². The van der Waals surface area contributed by atoms with Crippen molar-refractivity contribution >= 4 is 53.4 Å². The number of amides is 3. The van der Waals surface area contributed by atoms with E-state index in [0.29, 0.717) is 12.0 Å². The van der Waals surface area contributed by atoms with Crippen LogP contribution in [0.4, 0.5) is 10.5 Å². The van der Waals surface area contributed by atoms with E-state index in [1.165, 1.54) is 55.5 Å². The van der Waals surface area contributed by atoms with Gasteiger partial charge in [0, 0.05) is 53.5 Å². The van der Waals surface area contributed by atoms with Gasteiger partial charge in [0.05, 0.1) is 56.9 Å². The normalized spacial score (nSPS) is 19.5. The van der Waals surface area contributed by atoms with E-state index in [4.69, 9.17) is 52.1 Å². The van der Waals surface area contributed by atoms with E-state index in [1.807, 2.05) is 0 Å². The quantitative estimate of drug-likeness (QED) is 0.0624. The Morgan fingerprint density at radius 2 is 1.55 bits per heavy atom. The van der Waals surface area contributed by atoms with Crippen LogP contribution in [0.2, 0.25) is 0 Å². The van der Waals surface area contributed by atoms with Gasteiger partial charge in [0.1, 0.15) is 19.0 Å². The molecular formula is C46H57N3O20. The molecule has 0 aliphatic carbocycles. The maximum absolute atomic E-state index is 14.0. The topological polar surface area (TPSA) is 286 Å². The summed E-state index contributed by atoms with van der Waals surface area (Å²) in [5.41, 5.74) is 0.625. The minimum atomic E-state index is -1.81. The highest BCUT2D eigenvalue weighted by Gasteiger charge is 2.56. The second-order valence-corrected chi connectivity index (χ2v) is 15.3. The number of carbonyl (C=O) groups is 8. The number of esters is 5. The summed E-state index contributed by atoms with van der Waals surface area (Å²) in [4.78, 5) is 105. The third-order valence-electron chi connectivity index (χ3n) is 10.1. The average Bonchev–Trinajstić information content (AvgIpc) is 3.70. The lowest BCUT2D eigenvalue weighted by molar-refractivity contribution is -0.282. The number of anilines is 1. The van der Waals surface area contributed by atoms with Gasteiger partial charge in [0.15, 0.2) is 29.8 Å². The number of nitrogens with zero attached hydrogens (tertiary/aromatic N) is 1. The molecule has 6 atom stereocenters. The molecule has 0 spiro atoms. The van der Waals surface area contributed by atoms with E-state index in [9.17, 15) is 43.5 Å². The summed E-state index contributed by atoms with van der Waals surface area (Å²) in [5, 5.41) is 15.3. The second-order valence-electron chi connectivity index (χ2n) is 15.3. The first-order chi connectivity index (χ1) is 32.9. The third kappa shape index (κ3) is 15.4. The lowest BCUT2D eigenvalue weighted by Crippen LogP contribution is -2.64. The van der Waals surface area contributed by atoms with Crippen LogP contribution in [0.15, 0.2) is 55.1 Å². The summed E-state index contributed by atoms with van der Waals surface area (Å²) in [7, 11) is 3.79. The molecule has 3 N–H and O–H groups in total. The van der Waals surface area contributed by atoms with Crippen LogP contribution in [-0.4, -0.2) is 155 Å². The molecule has 376 valence electrons. The van der Waals surface area contributed by atoms with Crippen molar-refractivity contribution in [3.8, 4) is 17.2 Å². The van der Waals surface area contributed by atoms with Gasteiger partial charge in [0.2, 0.25) is 12.4 Å². The van der Waals surface area contributed by atoms with Crippen LogP contribution in [0, 0.1) is 0 Å². The first-order valence-corrected chi connectivity index (χ1v) is 21.4. The molecule has 2 fully saturated rings. The Morgan fingerprint density at radius 3 is 2.19 bits per heavy atom. The van der Waals surface area contributed by atoms with E-state index >= 15 is 0 Å². The fourth-order valence-corrected chi connectivity index (χ4v) is 7.07. The largest absolute Gasteiger partial charge is 0.493 e. The zero-order valence-electron chi connectivity index (χ0n) is 39.1. The Balaban J connectivity index is 1.66. The summed E-state index contributed by atoms with van der Waals surface area (Å²) < 4.78 is 60.0. The summed E-state index contributed by atoms with van der Waals surface area (Å²) in [6.45, 7) is 10.0. The fraction of sp³-hybridized carbons (Fsp3) is 0.478. The van der Waals surface area contributed by atoms with Gasteiger partial charge in [-0.25, -0.2) is 9.59 Å². The van der Waals surface area contributed by atoms with Crippen LogP contribution >= 0.6 is 0 Å². The summed E-state index contributed by atoms with van der Waals surface area (Å²) >= 11 is 0. The van der Waals surface area contributed by atoms with Crippen molar-refractivity contribution in [3.05, 3.63) is 71.8 Å². The Hall–Kier alpha value is -7.24. The fourth-order valence-electron chi connectivity index (χ4n) is 7.07. The average molecular weight is 972 g/mol. The van der Waals surface area contributed by atoms with Gasteiger partial charge in [-0.05, 0) is 36.6 Å². The SMILES string of the molecule is C=CCOC(=O)CCCOc1cc(NC(=O)OCc2ccc(O[C@@H]3O[C@H](C(=O)OC)[C@@H](OC(C)=O)[C@H](OC(C)=O)[C@H]3OC(C)=O)c(C(=O)NCCOC)c2)c(C(=O)N2CC(=C)C[C@H]2CO)cc1OC. The molecule has 23 nitrogen and oxygen atoms in total. The number of carbonyl (C=O) groups excluding carboxylic acids is 8. The van der Waals surface area contributed by atoms with Crippen LogP contribution in [0.25, 0.3) is 0 Å². The van der Waals surface area contributed by atoms with Gasteiger partial charge in [-0.1, -0.05) is 30.9 Å². The molecule has 2 heterocycles. The van der Waals surface area contributed by atoms with Crippen LogP contribution in [0.5, 0.6) is 17.2 Å². The van der Waals surface area contributed by atoms with Crippen LogP contribution < -0.4 is 24.8 Å². The monoisotopic (exact) mass is 971 g/mol. The molecule has 3 amide bonds. The van der Waals surface area contributed by atoms with Crippen molar-refractivity contribution in [1.82, 2.24) is 10.2 Å². The van der Waals surface area contributed by atoms with E-state index < -0.39 is 91.1 Å². The van der Waals surface area contributed by atoms with E-state index in [0.717, 1.165) is 27.9 Å². The van der Waals surface area contributed by atoms with E-state index in [1.54, 1.807) is 0 Å². The number of hydrogen-bond donors (Lipinski definition) is 3. The minimum absolute atomic E-state index is 0.0149. The van der Waals surface area contributed by atoms with Gasteiger partial charge in [-0.15, -0.1) is 0 Å². The lowest BCUT2D eigenvalue weighted by atomic mass is 9.97. The van der Waals surface area contributed by atoms with Gasteiger partial charge >= 0.3 is 35.9 Å². The highest BCUT2D eigenvalue weighted by atomic mass is 16.7. The lowest BCUT2D eigenvalue weighted by Gasteiger charge is -2.43. The van der Waals surface area contributed by atoms with Crippen LogP contribution in [-0.2, 0) is 68.5 Å². The van der Waals surface area contributed by atoms with Gasteiger partial charge in [-0.3, -0.25) is 34.1 Å². The summed E-state index contributed by atoms with van der Waals surface area (Å²) in [6, 6.07) is 6.10. The molecule has 0 radical (unpaired) electrons. The van der Waals surface area contributed by atoms with Gasteiger partial charge in [0.25, 0.3) is 11.8 Å². The van der Waals surface area contributed by atoms with Gasteiger partial charge in [-0.2, -0.15) is 0 Å². The molecule has 69 heavy (non-hydrogen) atoms. The van der Waals surface area contributed by atoms with Crippen LogP contribution in [0.3, 0.4) is 0 Å². The summed E-state index contributed by atoms with van der Waals surface area (Å²) in [5.74, 6) is -5.61. The highest BCUT2D eigenvalue weighted by Crippen LogP contribution is 2.37. The molecule has 2 saturated heterocycles. The molecule has 0 bridgehead atoms. The molecule has 0 aromatic heterocycles. The first-order valence-electron chi connectivity index (χ1n) is 21.4. The highest BCUT2D eigenvalue weighted by molar-refractivity contribution is 6.04. The maximum atomic E-state index is 14.0. The summed E-state index contributed by atoms with van der Waals surface area (Å²) in [6.07, 6.45) is -7.66. The number of likely N-dealkylation sites (tertiary alicyclic amines) is 1. The van der Waals surface area contributed by atoms with Crippen molar-refractivity contribution in [2.45, 2.75) is 83.4 Å². The number of benzene rings is 2. The number of hydrogen-bond acceptors (Lipinski definition) is 20. The van der Waals surface area contributed by atoms with Crippen molar-refractivity contribution in [2.24, 2.45) is 0 Å². The molecule has 2 aromatic carbocycles. The molecule has 4 rings (SSSR count). The molecule has 2 aliphatic heterocycles. The molecule has 0 saturated carbocycles. The number of rotatable bonds is 23. The zero-order valence-corrected chi connectivity index (χ0v) is 39.1. The molecule has 2 aliphatic rings. The Labute approximate surface area is 397 Å². The maximum Gasteiger partial charge on any atom is 0.411 e. The zero-order chi connectivity index (χ0) is 50.8. The molecule has 23 heteroatoms. The first kappa shape index (κ1) is 54.4. The smallest absolute Gasteiger partial charge is 0.411 e. The third-order valence-corrected chi connectivity index (χ3v) is 10.1. The number of ether oxygens (including phenoxy) is 11. The number of nitrogens with one attached hydrogen (secondary N) is 2. The van der Waals surface area contributed by atoms with Crippen LogP contribution in [0.1, 0.15) is 66.3 Å². The Kier molecular flexibility index (Phi) is 20.8. The van der Waals surface area contributed by atoms with Crippen molar-refractivity contribution < 1.29 is 95.6 Å². The van der Waals surface area contributed by atoms with Gasteiger partial charge < -0.3 is 67.4 Å². The minimum Gasteiger partial charge on any atom is -0.493 e. The second kappa shape index (κ2) is 26.3. The van der Waals surface area contributed by atoms with E-state index in [-0.39, 0.29) is 92.0 Å². The molecule has 2 aromatic rings. The van der Waals surface area contributed by atoms with Crippen molar-refractivity contribution in [1.29, 1.82) is 0 Å².